The molecule has 2 bridgehead atoms. The second-order valence-electron chi connectivity index (χ2n) is 9.16. The summed E-state index contributed by atoms with van der Waals surface area (Å²) in [5, 5.41) is 3.78. The number of ether oxygens (including phenoxy) is 1. The molecule has 0 amide bonds. The molecule has 6 heteroatoms. The number of rotatable bonds is 7. The molecule has 5 rings (SSSR count). The van der Waals surface area contributed by atoms with Crippen LogP contribution in [0.4, 0.5) is 10.2 Å². The maximum atomic E-state index is 13.3. The molecule has 3 aromatic rings. The molecule has 0 aliphatic carbocycles. The first-order valence-electron chi connectivity index (χ1n) is 11.8. The zero-order chi connectivity index (χ0) is 22.6. The third-order valence-corrected chi connectivity index (χ3v) is 6.82. The Labute approximate surface area is 194 Å². The predicted octanol–water partition coefficient (Wildman–Crippen LogP) is 4.03. The van der Waals surface area contributed by atoms with Gasteiger partial charge in [-0.3, -0.25) is 4.90 Å². The Hall–Kier alpha value is -2.80. The second-order valence-corrected chi connectivity index (χ2v) is 9.16. The lowest BCUT2D eigenvalue weighted by molar-refractivity contribution is -0.0851. The van der Waals surface area contributed by atoms with Crippen molar-refractivity contribution in [2.75, 3.05) is 25.5 Å². The summed E-state index contributed by atoms with van der Waals surface area (Å²) < 4.78 is 19.1. The molecule has 5 nitrogen and oxygen atoms in total. The van der Waals surface area contributed by atoms with Gasteiger partial charge in [0.1, 0.15) is 11.6 Å². The number of anilines is 1. The van der Waals surface area contributed by atoms with E-state index in [1.807, 2.05) is 24.3 Å². The maximum absolute atomic E-state index is 13.3. The van der Waals surface area contributed by atoms with Crippen molar-refractivity contribution in [3.8, 4) is 11.3 Å². The number of nitrogens with one attached hydrogen (secondary N) is 1. The van der Waals surface area contributed by atoms with Gasteiger partial charge in [-0.25, -0.2) is 9.37 Å². The molecule has 0 saturated carbocycles. The van der Waals surface area contributed by atoms with E-state index in [1.54, 1.807) is 18.2 Å². The van der Waals surface area contributed by atoms with Crippen molar-refractivity contribution in [3.63, 3.8) is 0 Å². The summed E-state index contributed by atoms with van der Waals surface area (Å²) in [5.41, 5.74) is 10.3. The van der Waals surface area contributed by atoms with Crippen LogP contribution in [0.3, 0.4) is 0 Å². The molecular formula is C27H31FN4O. The molecule has 0 spiro atoms. The van der Waals surface area contributed by atoms with E-state index in [-0.39, 0.29) is 5.82 Å². The fourth-order valence-electron chi connectivity index (χ4n) is 5.09. The largest absolute Gasteiger partial charge is 0.384 e. The summed E-state index contributed by atoms with van der Waals surface area (Å²) in [4.78, 5) is 6.95. The van der Waals surface area contributed by atoms with Gasteiger partial charge in [0.25, 0.3) is 0 Å². The first-order valence-corrected chi connectivity index (χ1v) is 11.8. The van der Waals surface area contributed by atoms with E-state index in [1.165, 1.54) is 5.56 Å². The van der Waals surface area contributed by atoms with Crippen molar-refractivity contribution in [2.24, 2.45) is 0 Å². The zero-order valence-corrected chi connectivity index (χ0v) is 18.8. The standard InChI is InChI=1S/C27H31FN4O/c28-22-10-6-20(7-11-22)16-32-24-14-23(15-25(32)18-33-17-24)30-13-12-19-4-8-21(9-5-19)26-2-1-3-27(29)31-26/h1-11,23-25,30H,12-18H2,(H2,29,31). The van der Waals surface area contributed by atoms with Crippen molar-refractivity contribution >= 4 is 5.82 Å². The molecule has 3 heterocycles. The Kier molecular flexibility index (Phi) is 6.67. The van der Waals surface area contributed by atoms with Crippen LogP contribution in [-0.4, -0.2) is 47.8 Å². The quantitative estimate of drug-likeness (QED) is 0.574. The van der Waals surface area contributed by atoms with Gasteiger partial charge in [-0.05, 0) is 61.2 Å². The topological polar surface area (TPSA) is 63.4 Å². The van der Waals surface area contributed by atoms with Gasteiger partial charge in [-0.1, -0.05) is 42.5 Å². The minimum atomic E-state index is -0.179. The lowest BCUT2D eigenvalue weighted by Gasteiger charge is -2.48. The lowest BCUT2D eigenvalue weighted by Crippen LogP contribution is -2.59. The Morgan fingerprint density at radius 3 is 2.33 bits per heavy atom. The number of hydrogen-bond donors (Lipinski definition) is 2. The molecule has 1 aromatic heterocycles. The van der Waals surface area contributed by atoms with Crippen LogP contribution in [0.5, 0.6) is 0 Å². The van der Waals surface area contributed by atoms with Crippen LogP contribution >= 0.6 is 0 Å². The van der Waals surface area contributed by atoms with Crippen LogP contribution in [0.2, 0.25) is 0 Å². The summed E-state index contributed by atoms with van der Waals surface area (Å²) >= 11 is 0. The number of halogens is 1. The van der Waals surface area contributed by atoms with Gasteiger partial charge in [0, 0.05) is 30.2 Å². The third-order valence-electron chi connectivity index (χ3n) is 6.82. The number of nitrogens with zero attached hydrogens (tertiary/aromatic N) is 2. The molecule has 2 fully saturated rings. The Bertz CT molecular complexity index is 1040. The Balaban J connectivity index is 1.13. The van der Waals surface area contributed by atoms with E-state index in [0.29, 0.717) is 23.9 Å². The van der Waals surface area contributed by atoms with Crippen LogP contribution in [0.25, 0.3) is 11.3 Å². The highest BCUT2D eigenvalue weighted by molar-refractivity contribution is 5.61. The molecule has 2 saturated heterocycles. The minimum absolute atomic E-state index is 0.179. The molecular weight excluding hydrogens is 415 g/mol. The van der Waals surface area contributed by atoms with E-state index in [0.717, 1.165) is 62.4 Å². The number of benzene rings is 2. The van der Waals surface area contributed by atoms with E-state index in [4.69, 9.17) is 10.5 Å². The summed E-state index contributed by atoms with van der Waals surface area (Å²) in [6.07, 6.45) is 3.15. The van der Waals surface area contributed by atoms with Gasteiger partial charge in [0.05, 0.1) is 18.9 Å². The SMILES string of the molecule is Nc1cccc(-c2ccc(CCNC3CC4COCC(C3)N4Cc3ccc(F)cc3)cc2)n1. The average molecular weight is 447 g/mol. The van der Waals surface area contributed by atoms with Crippen LogP contribution < -0.4 is 11.1 Å². The highest BCUT2D eigenvalue weighted by atomic mass is 19.1. The second kappa shape index (κ2) is 10.00. The van der Waals surface area contributed by atoms with Crippen molar-refractivity contribution in [3.05, 3.63) is 83.7 Å². The summed E-state index contributed by atoms with van der Waals surface area (Å²) in [6, 6.07) is 22.5. The number of hydrogen-bond acceptors (Lipinski definition) is 5. The van der Waals surface area contributed by atoms with Crippen molar-refractivity contribution < 1.29 is 9.13 Å². The van der Waals surface area contributed by atoms with Gasteiger partial charge in [0.15, 0.2) is 0 Å². The number of fused-ring (bicyclic) bond motifs is 2. The monoisotopic (exact) mass is 446 g/mol. The fourth-order valence-corrected chi connectivity index (χ4v) is 5.09. The van der Waals surface area contributed by atoms with Crippen LogP contribution in [0.15, 0.2) is 66.7 Å². The fraction of sp³-hybridized carbons (Fsp3) is 0.370. The van der Waals surface area contributed by atoms with Gasteiger partial charge in [0.2, 0.25) is 0 Å². The van der Waals surface area contributed by atoms with Crippen LogP contribution in [-0.2, 0) is 17.7 Å². The molecule has 2 aliphatic rings. The minimum Gasteiger partial charge on any atom is -0.384 e. The molecule has 2 unspecified atom stereocenters. The Morgan fingerprint density at radius 2 is 1.64 bits per heavy atom. The lowest BCUT2D eigenvalue weighted by atomic mass is 9.89. The van der Waals surface area contributed by atoms with Crippen molar-refractivity contribution in [2.45, 2.75) is 43.9 Å². The number of nitrogens with two attached hydrogens (primary N) is 1. The molecule has 2 aromatic carbocycles. The maximum Gasteiger partial charge on any atom is 0.124 e. The highest BCUT2D eigenvalue weighted by Crippen LogP contribution is 2.29. The van der Waals surface area contributed by atoms with E-state index < -0.39 is 0 Å². The Morgan fingerprint density at radius 1 is 0.939 bits per heavy atom. The molecule has 2 atom stereocenters. The van der Waals surface area contributed by atoms with Gasteiger partial charge in [-0.2, -0.15) is 0 Å². The van der Waals surface area contributed by atoms with Gasteiger partial charge >= 0.3 is 0 Å². The first-order chi connectivity index (χ1) is 16.1. The summed E-state index contributed by atoms with van der Waals surface area (Å²) in [7, 11) is 0. The third kappa shape index (κ3) is 5.41. The van der Waals surface area contributed by atoms with Crippen LogP contribution in [0.1, 0.15) is 24.0 Å². The van der Waals surface area contributed by atoms with Crippen molar-refractivity contribution in [1.29, 1.82) is 0 Å². The highest BCUT2D eigenvalue weighted by Gasteiger charge is 2.38. The smallest absolute Gasteiger partial charge is 0.124 e. The van der Waals surface area contributed by atoms with Gasteiger partial charge < -0.3 is 15.8 Å². The molecule has 33 heavy (non-hydrogen) atoms. The zero-order valence-electron chi connectivity index (χ0n) is 18.8. The molecule has 2 aliphatic heterocycles. The number of pyridine rings is 1. The molecule has 172 valence electrons. The summed E-state index contributed by atoms with van der Waals surface area (Å²) in [6.45, 7) is 3.36. The number of piperidine rings is 1. The normalized spacial score (nSPS) is 22.9. The average Bonchev–Trinajstić information content (AvgIpc) is 2.81. The van der Waals surface area contributed by atoms with E-state index >= 15 is 0 Å². The summed E-state index contributed by atoms with van der Waals surface area (Å²) in [5.74, 6) is 0.362. The van der Waals surface area contributed by atoms with Crippen LogP contribution in [0, 0.1) is 5.82 Å². The van der Waals surface area contributed by atoms with Gasteiger partial charge in [-0.15, -0.1) is 0 Å². The number of nitrogen functional groups attached to an aromatic ring is 1. The molecule has 3 N–H and O–H groups in total. The molecule has 0 radical (unpaired) electrons. The predicted molar refractivity (Wildman–Crippen MR) is 129 cm³/mol. The first kappa shape index (κ1) is 22.0. The number of morpholine rings is 1. The number of aromatic nitrogens is 1. The van der Waals surface area contributed by atoms with Crippen molar-refractivity contribution in [1.82, 2.24) is 15.2 Å². The van der Waals surface area contributed by atoms with E-state index in [9.17, 15) is 4.39 Å². The van der Waals surface area contributed by atoms with E-state index in [2.05, 4.69) is 39.5 Å².